The van der Waals surface area contributed by atoms with Crippen LogP contribution in [0.5, 0.6) is 11.5 Å². The highest BCUT2D eigenvalue weighted by molar-refractivity contribution is 5.33. The molecular weight excluding hydrogens is 366 g/mol. The lowest BCUT2D eigenvalue weighted by Gasteiger charge is -2.25. The number of aliphatic hydroxyl groups is 1. The van der Waals surface area contributed by atoms with Crippen molar-refractivity contribution >= 4 is 0 Å². The van der Waals surface area contributed by atoms with Crippen molar-refractivity contribution in [3.63, 3.8) is 0 Å². The quantitative estimate of drug-likeness (QED) is 0.521. The van der Waals surface area contributed by atoms with Crippen LogP contribution in [0.3, 0.4) is 0 Å². The van der Waals surface area contributed by atoms with Crippen molar-refractivity contribution in [3.05, 3.63) is 83.8 Å². The molecule has 0 amide bonds. The average molecular weight is 395 g/mol. The summed E-state index contributed by atoms with van der Waals surface area (Å²) in [6.45, 7) is 6.53. The van der Waals surface area contributed by atoms with Gasteiger partial charge in [-0.25, -0.2) is 0 Å². The van der Waals surface area contributed by atoms with E-state index in [9.17, 15) is 5.11 Å². The minimum absolute atomic E-state index is 0.227. The topological polar surface area (TPSA) is 55.1 Å². The third-order valence-electron chi connectivity index (χ3n) is 4.56. The van der Waals surface area contributed by atoms with Crippen molar-refractivity contribution in [1.29, 1.82) is 0 Å². The Kier molecular flexibility index (Phi) is 7.73. The first-order chi connectivity index (χ1) is 14.1. The molecule has 0 spiro atoms. The van der Waals surface area contributed by atoms with Crippen LogP contribution in [0.2, 0.25) is 0 Å². The summed E-state index contributed by atoms with van der Waals surface area (Å²) >= 11 is 0. The summed E-state index contributed by atoms with van der Waals surface area (Å²) in [4.78, 5) is 2.14. The fourth-order valence-electron chi connectivity index (χ4n) is 3.16. The number of furan rings is 1. The zero-order valence-electron chi connectivity index (χ0n) is 17.1. The lowest BCUT2D eigenvalue weighted by atomic mass is 10.1. The SMILES string of the molecule is CCOc1ccccc1CN(Cc1ccco1)CC(O)COc1ccc(C)cc1. The number of aryl methyl sites for hydroxylation is 1. The second kappa shape index (κ2) is 10.7. The maximum atomic E-state index is 10.6. The Hall–Kier alpha value is -2.76. The predicted octanol–water partition coefficient (Wildman–Crippen LogP) is 4.43. The van der Waals surface area contributed by atoms with Gasteiger partial charge in [0.15, 0.2) is 0 Å². The lowest BCUT2D eigenvalue weighted by Crippen LogP contribution is -2.35. The molecule has 3 aromatic rings. The van der Waals surface area contributed by atoms with E-state index in [1.54, 1.807) is 6.26 Å². The zero-order valence-corrected chi connectivity index (χ0v) is 17.1. The van der Waals surface area contributed by atoms with Crippen molar-refractivity contribution in [2.75, 3.05) is 19.8 Å². The van der Waals surface area contributed by atoms with Crippen LogP contribution in [0, 0.1) is 6.92 Å². The third-order valence-corrected chi connectivity index (χ3v) is 4.56. The first-order valence-electron chi connectivity index (χ1n) is 9.97. The Bertz CT molecular complexity index is 846. The summed E-state index contributed by atoms with van der Waals surface area (Å²) < 4.78 is 17.0. The molecule has 154 valence electrons. The molecule has 0 bridgehead atoms. The Morgan fingerprint density at radius 2 is 1.76 bits per heavy atom. The lowest BCUT2D eigenvalue weighted by molar-refractivity contribution is 0.0601. The first-order valence-corrected chi connectivity index (χ1v) is 9.97. The van der Waals surface area contributed by atoms with Gasteiger partial charge in [0.1, 0.15) is 30.0 Å². The van der Waals surface area contributed by atoms with Gasteiger partial charge in [0, 0.05) is 18.7 Å². The van der Waals surface area contributed by atoms with Gasteiger partial charge in [0.05, 0.1) is 19.4 Å². The van der Waals surface area contributed by atoms with E-state index in [2.05, 4.69) is 11.0 Å². The minimum Gasteiger partial charge on any atom is -0.494 e. The predicted molar refractivity (Wildman–Crippen MR) is 113 cm³/mol. The molecule has 0 radical (unpaired) electrons. The summed E-state index contributed by atoms with van der Waals surface area (Å²) in [6.07, 6.45) is 1.03. The summed E-state index contributed by atoms with van der Waals surface area (Å²) in [6, 6.07) is 19.6. The normalized spacial score (nSPS) is 12.1. The number of aliphatic hydroxyl groups excluding tert-OH is 1. The third kappa shape index (κ3) is 6.66. The van der Waals surface area contributed by atoms with Crippen molar-refractivity contribution in [3.8, 4) is 11.5 Å². The number of benzene rings is 2. The second-order valence-corrected chi connectivity index (χ2v) is 7.07. The number of hydrogen-bond acceptors (Lipinski definition) is 5. The minimum atomic E-state index is -0.634. The fraction of sp³-hybridized carbons (Fsp3) is 0.333. The van der Waals surface area contributed by atoms with Crippen LogP contribution in [0.1, 0.15) is 23.8 Å². The van der Waals surface area contributed by atoms with E-state index >= 15 is 0 Å². The van der Waals surface area contributed by atoms with Crippen LogP contribution in [0.15, 0.2) is 71.3 Å². The van der Waals surface area contributed by atoms with E-state index in [0.29, 0.717) is 26.2 Å². The molecule has 1 unspecified atom stereocenters. The Balaban J connectivity index is 1.64. The van der Waals surface area contributed by atoms with Gasteiger partial charge in [-0.15, -0.1) is 0 Å². The number of nitrogens with zero attached hydrogens (tertiary/aromatic N) is 1. The molecular formula is C24H29NO4. The maximum absolute atomic E-state index is 10.6. The number of ether oxygens (including phenoxy) is 2. The van der Waals surface area contributed by atoms with E-state index in [0.717, 1.165) is 22.8 Å². The highest BCUT2D eigenvalue weighted by Crippen LogP contribution is 2.21. The highest BCUT2D eigenvalue weighted by atomic mass is 16.5. The van der Waals surface area contributed by atoms with Gasteiger partial charge in [0.25, 0.3) is 0 Å². The van der Waals surface area contributed by atoms with Crippen molar-refractivity contribution in [1.82, 2.24) is 4.90 Å². The highest BCUT2D eigenvalue weighted by Gasteiger charge is 2.17. The summed E-state index contributed by atoms with van der Waals surface area (Å²) in [5, 5.41) is 10.6. The average Bonchev–Trinajstić information content (AvgIpc) is 3.22. The molecule has 1 atom stereocenters. The summed E-state index contributed by atoms with van der Waals surface area (Å²) in [5.41, 5.74) is 2.25. The number of hydrogen-bond donors (Lipinski definition) is 1. The van der Waals surface area contributed by atoms with E-state index in [1.807, 2.05) is 68.4 Å². The van der Waals surface area contributed by atoms with Crippen LogP contribution in [0.4, 0.5) is 0 Å². The Morgan fingerprint density at radius 1 is 0.966 bits per heavy atom. The molecule has 1 heterocycles. The van der Waals surface area contributed by atoms with Crippen LogP contribution >= 0.6 is 0 Å². The fourth-order valence-corrected chi connectivity index (χ4v) is 3.16. The van der Waals surface area contributed by atoms with Crippen LogP contribution in [-0.2, 0) is 13.1 Å². The second-order valence-electron chi connectivity index (χ2n) is 7.07. The van der Waals surface area contributed by atoms with E-state index in [4.69, 9.17) is 13.9 Å². The van der Waals surface area contributed by atoms with E-state index in [1.165, 1.54) is 5.56 Å². The van der Waals surface area contributed by atoms with Gasteiger partial charge in [-0.05, 0) is 44.2 Å². The van der Waals surface area contributed by atoms with E-state index < -0.39 is 6.10 Å². The summed E-state index contributed by atoms with van der Waals surface area (Å²) in [7, 11) is 0. The van der Waals surface area contributed by atoms with Crippen LogP contribution < -0.4 is 9.47 Å². The van der Waals surface area contributed by atoms with Gasteiger partial charge >= 0.3 is 0 Å². The molecule has 0 saturated carbocycles. The standard InChI is InChI=1S/C24H29NO4/c1-3-27-24-9-5-4-7-20(24)15-25(17-23-8-6-14-28-23)16-21(26)18-29-22-12-10-19(2)11-13-22/h4-14,21,26H,3,15-18H2,1-2H3. The molecule has 2 aromatic carbocycles. The van der Waals surface area contributed by atoms with Crippen molar-refractivity contribution < 1.29 is 19.0 Å². The first kappa shape index (κ1) is 21.0. The number of para-hydroxylation sites is 1. The Morgan fingerprint density at radius 3 is 2.48 bits per heavy atom. The van der Waals surface area contributed by atoms with Crippen molar-refractivity contribution in [2.24, 2.45) is 0 Å². The molecule has 0 aliphatic carbocycles. The molecule has 5 nitrogen and oxygen atoms in total. The molecule has 1 aromatic heterocycles. The van der Waals surface area contributed by atoms with Crippen LogP contribution in [0.25, 0.3) is 0 Å². The Labute approximate surface area is 172 Å². The van der Waals surface area contributed by atoms with Crippen molar-refractivity contribution in [2.45, 2.75) is 33.0 Å². The van der Waals surface area contributed by atoms with Gasteiger partial charge in [0.2, 0.25) is 0 Å². The molecule has 5 heteroatoms. The molecule has 29 heavy (non-hydrogen) atoms. The largest absolute Gasteiger partial charge is 0.494 e. The number of rotatable bonds is 11. The summed E-state index contributed by atoms with van der Waals surface area (Å²) in [5.74, 6) is 2.48. The van der Waals surface area contributed by atoms with Crippen LogP contribution in [-0.4, -0.2) is 35.9 Å². The zero-order chi connectivity index (χ0) is 20.5. The molecule has 0 fully saturated rings. The van der Waals surface area contributed by atoms with E-state index in [-0.39, 0.29) is 6.61 Å². The molecule has 3 rings (SSSR count). The molecule has 0 aliphatic heterocycles. The molecule has 1 N–H and O–H groups in total. The van der Waals surface area contributed by atoms with Gasteiger partial charge in [-0.3, -0.25) is 4.90 Å². The van der Waals surface area contributed by atoms with Gasteiger partial charge in [-0.1, -0.05) is 35.9 Å². The smallest absolute Gasteiger partial charge is 0.123 e. The molecule has 0 saturated heterocycles. The monoisotopic (exact) mass is 395 g/mol. The van der Waals surface area contributed by atoms with Gasteiger partial charge < -0.3 is 19.0 Å². The van der Waals surface area contributed by atoms with Gasteiger partial charge in [-0.2, -0.15) is 0 Å². The maximum Gasteiger partial charge on any atom is 0.123 e. The molecule has 0 aliphatic rings.